The number of anilines is 1. The van der Waals surface area contributed by atoms with Crippen LogP contribution in [-0.4, -0.2) is 15.0 Å². The molecule has 6 heteroatoms. The van der Waals surface area contributed by atoms with Gasteiger partial charge in [-0.15, -0.1) is 0 Å². The van der Waals surface area contributed by atoms with Crippen molar-refractivity contribution in [1.29, 1.82) is 0 Å². The Morgan fingerprint density at radius 3 is 2.47 bits per heavy atom. The van der Waals surface area contributed by atoms with Gasteiger partial charge in [-0.3, -0.25) is 4.72 Å². The number of nitrogens with one attached hydrogen (secondary N) is 1. The van der Waals surface area contributed by atoms with Gasteiger partial charge in [-0.05, 0) is 56.5 Å². The Balaban J connectivity index is 1.62. The molecule has 0 spiro atoms. The summed E-state index contributed by atoms with van der Waals surface area (Å²) in [6, 6.07) is 16.2. The highest BCUT2D eigenvalue weighted by atomic mass is 32.2. The van der Waals surface area contributed by atoms with E-state index >= 15 is 0 Å². The second-order valence-electron chi connectivity index (χ2n) is 7.57. The van der Waals surface area contributed by atoms with Crippen LogP contribution < -0.4 is 9.46 Å². The highest BCUT2D eigenvalue weighted by Crippen LogP contribution is 2.39. The van der Waals surface area contributed by atoms with E-state index in [9.17, 15) is 8.42 Å². The fourth-order valence-electron chi connectivity index (χ4n) is 4.25. The molecule has 1 aliphatic carbocycles. The molecule has 0 radical (unpaired) electrons. The minimum atomic E-state index is -3.75. The molecule has 0 amide bonds. The first-order valence-corrected chi connectivity index (χ1v) is 11.8. The molecule has 5 rings (SSSR count). The lowest BCUT2D eigenvalue weighted by Gasteiger charge is -2.13. The van der Waals surface area contributed by atoms with Gasteiger partial charge in [0.05, 0.1) is 17.2 Å². The smallest absolute Gasteiger partial charge is 0.261 e. The third-order valence-corrected chi connectivity index (χ3v) is 7.03. The molecule has 1 aliphatic rings. The molecule has 0 unspecified atom stereocenters. The van der Waals surface area contributed by atoms with Crippen molar-refractivity contribution in [3.63, 3.8) is 0 Å². The minimum absolute atomic E-state index is 0.198. The van der Waals surface area contributed by atoms with Gasteiger partial charge >= 0.3 is 0 Å². The predicted molar refractivity (Wildman–Crippen MR) is 119 cm³/mol. The molecule has 5 nitrogen and oxygen atoms in total. The van der Waals surface area contributed by atoms with E-state index in [1.54, 1.807) is 24.3 Å². The van der Waals surface area contributed by atoms with E-state index in [1.165, 1.54) is 5.56 Å². The van der Waals surface area contributed by atoms with Crippen LogP contribution in [0.25, 0.3) is 21.7 Å². The molecule has 1 aromatic heterocycles. The maximum absolute atomic E-state index is 13.1. The van der Waals surface area contributed by atoms with Gasteiger partial charge < -0.3 is 9.15 Å². The molecular formula is C24H23NO4S. The summed E-state index contributed by atoms with van der Waals surface area (Å²) in [7, 11) is -3.75. The summed E-state index contributed by atoms with van der Waals surface area (Å²) < 4.78 is 40.6. The van der Waals surface area contributed by atoms with Gasteiger partial charge in [0.2, 0.25) is 0 Å². The molecule has 0 fully saturated rings. The van der Waals surface area contributed by atoms with Crippen LogP contribution in [0.4, 0.5) is 5.69 Å². The van der Waals surface area contributed by atoms with Crippen molar-refractivity contribution in [2.75, 3.05) is 11.3 Å². The first kappa shape index (κ1) is 19.0. The van der Waals surface area contributed by atoms with Crippen LogP contribution in [0.15, 0.2) is 63.9 Å². The molecular weight excluding hydrogens is 398 g/mol. The van der Waals surface area contributed by atoms with E-state index in [4.69, 9.17) is 9.15 Å². The number of hydrogen-bond acceptors (Lipinski definition) is 4. The van der Waals surface area contributed by atoms with E-state index in [0.29, 0.717) is 18.0 Å². The van der Waals surface area contributed by atoms with Crippen LogP contribution in [0, 0.1) is 0 Å². The largest absolute Gasteiger partial charge is 0.494 e. The van der Waals surface area contributed by atoms with Gasteiger partial charge in [0.1, 0.15) is 17.1 Å². The Morgan fingerprint density at radius 1 is 0.967 bits per heavy atom. The fourth-order valence-corrected chi connectivity index (χ4v) is 5.32. The molecule has 0 aliphatic heterocycles. The zero-order valence-electron chi connectivity index (χ0n) is 16.8. The van der Waals surface area contributed by atoms with Crippen molar-refractivity contribution < 1.29 is 17.6 Å². The quantitative estimate of drug-likeness (QED) is 0.451. The number of fused-ring (bicyclic) bond motifs is 5. The Bertz CT molecular complexity index is 1340. The number of sulfonamides is 1. The van der Waals surface area contributed by atoms with Gasteiger partial charge in [0, 0.05) is 28.1 Å². The van der Waals surface area contributed by atoms with Crippen LogP contribution in [0.2, 0.25) is 0 Å². The molecule has 1 N–H and O–H groups in total. The molecule has 4 aromatic rings. The molecule has 30 heavy (non-hydrogen) atoms. The average molecular weight is 422 g/mol. The SMILES string of the molecule is CCOc1ccc(S(=O)(=O)Nc2cc3c4c(oc3c3ccccc23)CCCC4)cc1. The number of rotatable bonds is 5. The number of hydrogen-bond donors (Lipinski definition) is 1. The standard InChI is InChI=1S/C24H23NO4S/c1-2-28-16-11-13-17(14-12-16)30(26,27)25-22-15-21-19-8-5-6-10-23(19)29-24(21)20-9-4-3-7-18(20)22/h3-4,7,9,11-15,25H,2,5-6,8,10H2,1H3. The van der Waals surface area contributed by atoms with Crippen molar-refractivity contribution in [3.8, 4) is 5.75 Å². The number of furan rings is 1. The van der Waals surface area contributed by atoms with Crippen LogP contribution in [-0.2, 0) is 22.9 Å². The van der Waals surface area contributed by atoms with Crippen molar-refractivity contribution >= 4 is 37.5 Å². The van der Waals surface area contributed by atoms with Crippen LogP contribution in [0.5, 0.6) is 5.75 Å². The zero-order chi connectivity index (χ0) is 20.7. The molecule has 0 atom stereocenters. The summed E-state index contributed by atoms with van der Waals surface area (Å²) in [6.07, 6.45) is 4.15. The average Bonchev–Trinajstić information content (AvgIpc) is 3.13. The molecule has 3 aromatic carbocycles. The lowest BCUT2D eigenvalue weighted by molar-refractivity contribution is 0.340. The van der Waals surface area contributed by atoms with Crippen molar-refractivity contribution in [1.82, 2.24) is 0 Å². The maximum atomic E-state index is 13.1. The molecule has 154 valence electrons. The summed E-state index contributed by atoms with van der Waals surface area (Å²) in [4.78, 5) is 0.198. The molecule has 1 heterocycles. The van der Waals surface area contributed by atoms with Crippen molar-refractivity contribution in [2.45, 2.75) is 37.5 Å². The van der Waals surface area contributed by atoms with Crippen LogP contribution in [0.1, 0.15) is 31.1 Å². The summed E-state index contributed by atoms with van der Waals surface area (Å²) in [5, 5.41) is 2.76. The summed E-state index contributed by atoms with van der Waals surface area (Å²) >= 11 is 0. The minimum Gasteiger partial charge on any atom is -0.494 e. The van der Waals surface area contributed by atoms with Crippen molar-refractivity contribution in [3.05, 3.63) is 65.9 Å². The maximum Gasteiger partial charge on any atom is 0.261 e. The van der Waals surface area contributed by atoms with E-state index in [0.717, 1.165) is 53.2 Å². The second-order valence-corrected chi connectivity index (χ2v) is 9.25. The molecule has 0 saturated carbocycles. The highest BCUT2D eigenvalue weighted by molar-refractivity contribution is 7.92. The lowest BCUT2D eigenvalue weighted by Crippen LogP contribution is -2.13. The molecule has 0 bridgehead atoms. The summed E-state index contributed by atoms with van der Waals surface area (Å²) in [6.45, 7) is 2.42. The highest BCUT2D eigenvalue weighted by Gasteiger charge is 2.22. The Kier molecular flexibility index (Phi) is 4.66. The van der Waals surface area contributed by atoms with Crippen LogP contribution >= 0.6 is 0 Å². The topological polar surface area (TPSA) is 68.5 Å². The van der Waals surface area contributed by atoms with E-state index < -0.39 is 10.0 Å². The fraction of sp³-hybridized carbons (Fsp3) is 0.250. The van der Waals surface area contributed by atoms with E-state index in [2.05, 4.69) is 4.72 Å². The van der Waals surface area contributed by atoms with E-state index in [1.807, 2.05) is 37.3 Å². The van der Waals surface area contributed by atoms with Gasteiger partial charge in [-0.25, -0.2) is 8.42 Å². The van der Waals surface area contributed by atoms with Gasteiger partial charge in [0.25, 0.3) is 10.0 Å². The van der Waals surface area contributed by atoms with Gasteiger partial charge in [0.15, 0.2) is 0 Å². The second kappa shape index (κ2) is 7.36. The number of aryl methyl sites for hydroxylation is 2. The Hall–Kier alpha value is -2.99. The third-order valence-electron chi connectivity index (χ3n) is 5.65. The van der Waals surface area contributed by atoms with Gasteiger partial charge in [-0.1, -0.05) is 24.3 Å². The Labute approximate surface area is 175 Å². The third kappa shape index (κ3) is 3.21. The summed E-state index contributed by atoms with van der Waals surface area (Å²) in [5.74, 6) is 1.68. The van der Waals surface area contributed by atoms with E-state index in [-0.39, 0.29) is 4.90 Å². The zero-order valence-corrected chi connectivity index (χ0v) is 17.6. The monoisotopic (exact) mass is 421 g/mol. The first-order valence-electron chi connectivity index (χ1n) is 10.3. The Morgan fingerprint density at radius 2 is 1.70 bits per heavy atom. The first-order chi connectivity index (χ1) is 14.6. The van der Waals surface area contributed by atoms with Crippen LogP contribution in [0.3, 0.4) is 0 Å². The summed E-state index contributed by atoms with van der Waals surface area (Å²) in [5.41, 5.74) is 2.63. The lowest BCUT2D eigenvalue weighted by atomic mass is 9.94. The van der Waals surface area contributed by atoms with Gasteiger partial charge in [-0.2, -0.15) is 0 Å². The normalized spacial score (nSPS) is 14.0. The molecule has 0 saturated heterocycles. The van der Waals surface area contributed by atoms with Crippen molar-refractivity contribution in [2.24, 2.45) is 0 Å². The predicted octanol–water partition coefficient (Wildman–Crippen LogP) is 5.66. The number of benzene rings is 3. The number of ether oxygens (including phenoxy) is 1.